The molecule has 0 saturated carbocycles. The summed E-state index contributed by atoms with van der Waals surface area (Å²) in [7, 11) is 0. The van der Waals surface area contributed by atoms with Crippen LogP contribution >= 0.6 is 23.8 Å². The minimum absolute atomic E-state index is 0.0104. The lowest BCUT2D eigenvalue weighted by molar-refractivity contribution is -0.122. The summed E-state index contributed by atoms with van der Waals surface area (Å²) in [4.78, 5) is 38.2. The number of thiocarbonyl (C=S) groups is 1. The van der Waals surface area contributed by atoms with Crippen molar-refractivity contribution in [2.75, 3.05) is 4.90 Å². The highest BCUT2D eigenvalue weighted by molar-refractivity contribution is 7.80. The molecule has 1 saturated heterocycles. The maximum atomic E-state index is 13.1. The second-order valence-corrected chi connectivity index (χ2v) is 7.97. The Balaban J connectivity index is 1.67. The van der Waals surface area contributed by atoms with Crippen molar-refractivity contribution in [1.29, 1.82) is 0 Å². The first kappa shape index (κ1) is 22.4. The Morgan fingerprint density at radius 1 is 1.15 bits per heavy atom. The Morgan fingerprint density at radius 3 is 2.55 bits per heavy atom. The van der Waals surface area contributed by atoms with E-state index in [2.05, 4.69) is 5.32 Å². The summed E-state index contributed by atoms with van der Waals surface area (Å²) in [6.07, 6.45) is 2.16. The second kappa shape index (κ2) is 9.01. The van der Waals surface area contributed by atoms with Gasteiger partial charge in [-0.3, -0.25) is 19.8 Å². The van der Waals surface area contributed by atoms with Crippen LogP contribution in [0.1, 0.15) is 28.6 Å². The number of hydrogen-bond acceptors (Lipinski definition) is 5. The molecule has 0 spiro atoms. The van der Waals surface area contributed by atoms with Gasteiger partial charge in [-0.15, -0.1) is 0 Å². The molecule has 2 aromatic carbocycles. The molecule has 9 heteroatoms. The fourth-order valence-corrected chi connectivity index (χ4v) is 3.83. The van der Waals surface area contributed by atoms with Gasteiger partial charge in [0.25, 0.3) is 11.8 Å². The predicted molar refractivity (Wildman–Crippen MR) is 128 cm³/mol. The van der Waals surface area contributed by atoms with E-state index in [1.165, 1.54) is 29.2 Å². The van der Waals surface area contributed by atoms with Crippen molar-refractivity contribution in [2.45, 2.75) is 13.3 Å². The van der Waals surface area contributed by atoms with E-state index < -0.39 is 17.8 Å². The summed E-state index contributed by atoms with van der Waals surface area (Å²) >= 11 is 11.4. The van der Waals surface area contributed by atoms with Gasteiger partial charge in [0, 0.05) is 5.56 Å². The Hall–Kier alpha value is -3.75. The second-order valence-electron chi connectivity index (χ2n) is 7.18. The number of aryl methyl sites for hydroxylation is 1. The van der Waals surface area contributed by atoms with Gasteiger partial charge in [0.05, 0.1) is 16.3 Å². The lowest BCUT2D eigenvalue weighted by Gasteiger charge is -2.28. The van der Waals surface area contributed by atoms with Crippen LogP contribution in [0.15, 0.2) is 64.6 Å². The van der Waals surface area contributed by atoms with E-state index in [0.29, 0.717) is 22.0 Å². The van der Waals surface area contributed by atoms with Gasteiger partial charge in [-0.1, -0.05) is 30.7 Å². The monoisotopic (exact) mass is 480 g/mol. The molecule has 1 aliphatic rings. The Kier molecular flexibility index (Phi) is 6.13. The number of benzene rings is 2. The maximum Gasteiger partial charge on any atom is 0.335 e. The molecule has 0 aliphatic carbocycles. The van der Waals surface area contributed by atoms with Crippen LogP contribution in [-0.4, -0.2) is 28.0 Å². The predicted octanol–water partition coefficient (Wildman–Crippen LogP) is 4.69. The van der Waals surface area contributed by atoms with E-state index in [1.807, 2.05) is 19.1 Å². The van der Waals surface area contributed by atoms with Crippen LogP contribution in [0.4, 0.5) is 5.69 Å². The van der Waals surface area contributed by atoms with Crippen LogP contribution in [0.5, 0.6) is 0 Å². The number of hydrogen-bond donors (Lipinski definition) is 2. The molecule has 1 aromatic heterocycles. The number of rotatable bonds is 5. The van der Waals surface area contributed by atoms with Crippen LogP contribution in [0.3, 0.4) is 0 Å². The number of furan rings is 1. The van der Waals surface area contributed by atoms with Gasteiger partial charge in [-0.05, 0) is 72.7 Å². The van der Waals surface area contributed by atoms with Gasteiger partial charge >= 0.3 is 5.97 Å². The summed E-state index contributed by atoms with van der Waals surface area (Å²) in [5, 5.41) is 12.0. The average molecular weight is 481 g/mol. The number of carboxylic acids is 1. The first-order valence-corrected chi connectivity index (χ1v) is 10.7. The molecule has 2 N–H and O–H groups in total. The topological polar surface area (TPSA) is 99.8 Å². The number of carbonyl (C=O) groups is 3. The molecule has 0 atom stereocenters. The molecular weight excluding hydrogens is 464 g/mol. The zero-order valence-electron chi connectivity index (χ0n) is 17.3. The smallest absolute Gasteiger partial charge is 0.335 e. The van der Waals surface area contributed by atoms with Gasteiger partial charge in [0.15, 0.2) is 5.11 Å². The largest absolute Gasteiger partial charge is 0.478 e. The molecular formula is C24H17ClN2O5S. The number of carboxylic acid groups (broad SMARTS) is 1. The Labute approximate surface area is 199 Å². The lowest BCUT2D eigenvalue weighted by Crippen LogP contribution is -2.54. The fourth-order valence-electron chi connectivity index (χ4n) is 3.34. The standard InChI is InChI=1S/C24H17ClN2O5S/c1-2-13-3-6-15(7-4-13)27-22(29)18(21(28)26-24(27)33)12-16-8-10-20(32-16)17-11-14(23(30)31)5-9-19(17)25/h3-12H,2H2,1H3,(H,30,31)(H,26,28,33)/b18-12+. The summed E-state index contributed by atoms with van der Waals surface area (Å²) in [5.74, 6) is -1.82. The van der Waals surface area contributed by atoms with Gasteiger partial charge in [-0.25, -0.2) is 4.79 Å². The van der Waals surface area contributed by atoms with Crippen LogP contribution in [0, 0.1) is 0 Å². The van der Waals surface area contributed by atoms with Crippen molar-refractivity contribution in [3.8, 4) is 11.3 Å². The Bertz CT molecular complexity index is 1330. The lowest BCUT2D eigenvalue weighted by atomic mass is 10.1. The SMILES string of the molecule is CCc1ccc(N2C(=O)/C(=C/c3ccc(-c4cc(C(=O)O)ccc4Cl)o3)C(=O)NC2=S)cc1. The minimum Gasteiger partial charge on any atom is -0.478 e. The van der Waals surface area contributed by atoms with E-state index >= 15 is 0 Å². The first-order chi connectivity index (χ1) is 15.8. The molecule has 33 heavy (non-hydrogen) atoms. The summed E-state index contributed by atoms with van der Waals surface area (Å²) in [5.41, 5.74) is 1.90. The van der Waals surface area contributed by atoms with Crippen LogP contribution in [-0.2, 0) is 16.0 Å². The molecule has 2 amide bonds. The van der Waals surface area contributed by atoms with Crippen LogP contribution in [0.2, 0.25) is 5.02 Å². The average Bonchev–Trinajstić information content (AvgIpc) is 3.25. The van der Waals surface area contributed by atoms with Crippen molar-refractivity contribution in [3.05, 3.63) is 82.1 Å². The van der Waals surface area contributed by atoms with Gasteiger partial charge in [0.1, 0.15) is 17.1 Å². The number of amides is 2. The van der Waals surface area contributed by atoms with E-state index in [-0.39, 0.29) is 22.0 Å². The number of nitrogens with one attached hydrogen (secondary N) is 1. The molecule has 1 aliphatic heterocycles. The highest BCUT2D eigenvalue weighted by atomic mass is 35.5. The minimum atomic E-state index is -1.10. The van der Waals surface area contributed by atoms with Crippen molar-refractivity contribution < 1.29 is 23.9 Å². The van der Waals surface area contributed by atoms with E-state index in [0.717, 1.165) is 12.0 Å². The normalized spacial score (nSPS) is 15.2. The Morgan fingerprint density at radius 2 is 1.88 bits per heavy atom. The molecule has 0 radical (unpaired) electrons. The molecule has 3 aromatic rings. The zero-order valence-corrected chi connectivity index (χ0v) is 18.9. The summed E-state index contributed by atoms with van der Waals surface area (Å²) < 4.78 is 5.75. The number of carbonyl (C=O) groups excluding carboxylic acids is 2. The van der Waals surface area contributed by atoms with Crippen molar-refractivity contribution in [3.63, 3.8) is 0 Å². The molecule has 7 nitrogen and oxygen atoms in total. The highest BCUT2D eigenvalue weighted by Gasteiger charge is 2.34. The van der Waals surface area contributed by atoms with Gasteiger partial charge in [-0.2, -0.15) is 0 Å². The van der Waals surface area contributed by atoms with Crippen molar-refractivity contribution in [2.24, 2.45) is 0 Å². The van der Waals surface area contributed by atoms with E-state index in [9.17, 15) is 19.5 Å². The van der Waals surface area contributed by atoms with Crippen molar-refractivity contribution in [1.82, 2.24) is 5.32 Å². The molecule has 1 fully saturated rings. The quantitative estimate of drug-likeness (QED) is 0.312. The van der Waals surface area contributed by atoms with E-state index in [4.69, 9.17) is 28.2 Å². The third-order valence-corrected chi connectivity index (χ3v) is 5.71. The van der Waals surface area contributed by atoms with Crippen LogP contribution in [0.25, 0.3) is 17.4 Å². The highest BCUT2D eigenvalue weighted by Crippen LogP contribution is 2.31. The fraction of sp³-hybridized carbons (Fsp3) is 0.0833. The van der Waals surface area contributed by atoms with E-state index in [1.54, 1.807) is 24.3 Å². The number of aromatic carboxylic acids is 1. The van der Waals surface area contributed by atoms with Crippen LogP contribution < -0.4 is 10.2 Å². The van der Waals surface area contributed by atoms with Crippen molar-refractivity contribution >= 4 is 58.5 Å². The third-order valence-electron chi connectivity index (χ3n) is 5.10. The maximum absolute atomic E-state index is 13.1. The molecule has 2 heterocycles. The molecule has 4 rings (SSSR count). The summed E-state index contributed by atoms with van der Waals surface area (Å²) in [6.45, 7) is 2.02. The molecule has 0 bridgehead atoms. The number of anilines is 1. The first-order valence-electron chi connectivity index (χ1n) is 9.92. The number of nitrogens with zero attached hydrogens (tertiary/aromatic N) is 1. The number of halogens is 1. The van der Waals surface area contributed by atoms with Gasteiger partial charge < -0.3 is 9.52 Å². The molecule has 0 unspecified atom stereocenters. The zero-order chi connectivity index (χ0) is 23.7. The summed E-state index contributed by atoms with van der Waals surface area (Å²) in [6, 6.07) is 14.7. The molecule has 166 valence electrons. The van der Waals surface area contributed by atoms with Gasteiger partial charge in [0.2, 0.25) is 0 Å². The third kappa shape index (κ3) is 4.44.